The lowest BCUT2D eigenvalue weighted by atomic mass is 10.0. The summed E-state index contributed by atoms with van der Waals surface area (Å²) in [4.78, 5) is 13.2. The van der Waals surface area contributed by atoms with Gasteiger partial charge in [-0.25, -0.2) is 9.97 Å². The Balaban J connectivity index is 1.79. The molecule has 0 bridgehead atoms. The van der Waals surface area contributed by atoms with Gasteiger partial charge in [0.2, 0.25) is 0 Å². The lowest BCUT2D eigenvalue weighted by molar-refractivity contribution is 0.771. The van der Waals surface area contributed by atoms with Gasteiger partial charge < -0.3 is 11.1 Å². The minimum Gasteiger partial charge on any atom is -0.383 e. The number of nitrogens with one attached hydrogen (secondary N) is 1. The summed E-state index contributed by atoms with van der Waals surface area (Å²) in [5.41, 5.74) is 9.19. The Labute approximate surface area is 150 Å². The van der Waals surface area contributed by atoms with Gasteiger partial charge in [-0.3, -0.25) is 9.67 Å². The molecule has 3 N–H and O–H groups in total. The summed E-state index contributed by atoms with van der Waals surface area (Å²) in [5, 5.41) is 9.30. The predicted molar refractivity (Wildman–Crippen MR) is 103 cm³/mol. The number of fused-ring (bicyclic) bond motifs is 1. The molecule has 4 heterocycles. The van der Waals surface area contributed by atoms with Crippen molar-refractivity contribution in [2.45, 2.75) is 13.3 Å². The quantitative estimate of drug-likeness (QED) is 0.589. The molecule has 4 aromatic rings. The highest BCUT2D eigenvalue weighted by atomic mass is 15.3. The second kappa shape index (κ2) is 6.44. The van der Waals surface area contributed by atoms with Crippen molar-refractivity contribution >= 4 is 28.2 Å². The summed E-state index contributed by atoms with van der Waals surface area (Å²) in [6.45, 7) is 2.11. The van der Waals surface area contributed by atoms with E-state index in [0.717, 1.165) is 34.3 Å². The second-order valence-electron chi connectivity index (χ2n) is 6.07. The van der Waals surface area contributed by atoms with Crippen molar-refractivity contribution in [3.8, 4) is 11.3 Å². The molecule has 7 nitrogen and oxygen atoms in total. The summed E-state index contributed by atoms with van der Waals surface area (Å²) in [6, 6.07) is 7.88. The summed E-state index contributed by atoms with van der Waals surface area (Å²) >= 11 is 0. The first-order valence-corrected chi connectivity index (χ1v) is 8.40. The van der Waals surface area contributed by atoms with E-state index in [1.54, 1.807) is 17.1 Å². The number of aromatic nitrogens is 5. The monoisotopic (exact) mass is 345 g/mol. The van der Waals surface area contributed by atoms with Gasteiger partial charge in [-0.15, -0.1) is 0 Å². The van der Waals surface area contributed by atoms with Gasteiger partial charge in [0.1, 0.15) is 11.6 Å². The van der Waals surface area contributed by atoms with Crippen molar-refractivity contribution < 1.29 is 0 Å². The molecule has 26 heavy (non-hydrogen) atoms. The van der Waals surface area contributed by atoms with E-state index in [9.17, 15) is 0 Å². The molecular weight excluding hydrogens is 326 g/mol. The number of pyridine rings is 3. The average molecular weight is 345 g/mol. The first-order chi connectivity index (χ1) is 12.6. The molecule has 0 aliphatic carbocycles. The fourth-order valence-corrected chi connectivity index (χ4v) is 2.96. The average Bonchev–Trinajstić information content (AvgIpc) is 3.06. The number of nitrogen functional groups attached to an aromatic ring is 1. The molecule has 0 atom stereocenters. The third kappa shape index (κ3) is 2.95. The molecule has 0 spiro atoms. The molecule has 7 heteroatoms. The molecule has 4 aromatic heterocycles. The summed E-state index contributed by atoms with van der Waals surface area (Å²) < 4.78 is 1.73. The van der Waals surface area contributed by atoms with Crippen LogP contribution in [0.3, 0.4) is 0 Å². The molecule has 0 saturated carbocycles. The molecule has 130 valence electrons. The minimum atomic E-state index is 0.459. The number of aryl methyl sites for hydroxylation is 2. The number of rotatable bonds is 4. The lowest BCUT2D eigenvalue weighted by Gasteiger charge is -2.10. The van der Waals surface area contributed by atoms with E-state index >= 15 is 0 Å². The van der Waals surface area contributed by atoms with Crippen LogP contribution in [0.1, 0.15) is 12.5 Å². The van der Waals surface area contributed by atoms with Gasteiger partial charge in [0.05, 0.1) is 5.69 Å². The third-order valence-corrected chi connectivity index (χ3v) is 4.28. The topological polar surface area (TPSA) is 94.5 Å². The van der Waals surface area contributed by atoms with Crippen molar-refractivity contribution in [2.75, 3.05) is 11.1 Å². The molecule has 0 fully saturated rings. The van der Waals surface area contributed by atoms with Gasteiger partial charge in [-0.2, -0.15) is 5.10 Å². The van der Waals surface area contributed by atoms with E-state index in [4.69, 9.17) is 5.73 Å². The molecule has 0 amide bonds. The van der Waals surface area contributed by atoms with Crippen molar-refractivity contribution in [1.29, 1.82) is 0 Å². The highest BCUT2D eigenvalue weighted by Crippen LogP contribution is 2.29. The van der Waals surface area contributed by atoms with Crippen molar-refractivity contribution in [1.82, 2.24) is 24.7 Å². The molecule has 0 saturated heterocycles. The highest BCUT2D eigenvalue weighted by molar-refractivity contribution is 5.94. The van der Waals surface area contributed by atoms with E-state index < -0.39 is 0 Å². The normalized spacial score (nSPS) is 11.0. The molecule has 0 aliphatic rings. The van der Waals surface area contributed by atoms with Crippen LogP contribution < -0.4 is 11.1 Å². The SMILES string of the molecule is CCc1ccncc1-c1cc2cc(Nc3ccn(C)n3)ncc2c(N)n1. The number of hydrogen-bond donors (Lipinski definition) is 2. The largest absolute Gasteiger partial charge is 0.383 e. The van der Waals surface area contributed by atoms with E-state index in [1.807, 2.05) is 43.7 Å². The van der Waals surface area contributed by atoms with Crippen LogP contribution in [-0.2, 0) is 13.5 Å². The molecule has 0 aliphatic heterocycles. The Morgan fingerprint density at radius 1 is 1.15 bits per heavy atom. The number of nitrogens with two attached hydrogens (primary N) is 1. The van der Waals surface area contributed by atoms with E-state index in [2.05, 4.69) is 32.3 Å². The van der Waals surface area contributed by atoms with Gasteiger partial charge in [-0.05, 0) is 35.6 Å². The van der Waals surface area contributed by atoms with Crippen LogP contribution in [0, 0.1) is 0 Å². The van der Waals surface area contributed by atoms with Gasteiger partial charge in [0.15, 0.2) is 5.82 Å². The maximum absolute atomic E-state index is 6.18. The summed E-state index contributed by atoms with van der Waals surface area (Å²) in [6.07, 6.45) is 8.14. The van der Waals surface area contributed by atoms with Crippen molar-refractivity contribution in [3.63, 3.8) is 0 Å². The van der Waals surface area contributed by atoms with Crippen molar-refractivity contribution in [3.05, 3.63) is 54.6 Å². The minimum absolute atomic E-state index is 0.459. The maximum Gasteiger partial charge on any atom is 0.153 e. The molecule has 0 aromatic carbocycles. The number of hydrogen-bond acceptors (Lipinski definition) is 6. The Bertz CT molecular complexity index is 1080. The highest BCUT2D eigenvalue weighted by Gasteiger charge is 2.10. The predicted octanol–water partition coefficient (Wildman–Crippen LogP) is 3.31. The Morgan fingerprint density at radius 3 is 2.81 bits per heavy atom. The Morgan fingerprint density at radius 2 is 2.04 bits per heavy atom. The maximum atomic E-state index is 6.18. The van der Waals surface area contributed by atoms with Crippen LogP contribution >= 0.6 is 0 Å². The van der Waals surface area contributed by atoms with E-state index in [0.29, 0.717) is 11.6 Å². The third-order valence-electron chi connectivity index (χ3n) is 4.28. The zero-order chi connectivity index (χ0) is 18.1. The summed E-state index contributed by atoms with van der Waals surface area (Å²) in [5.74, 6) is 1.90. The van der Waals surface area contributed by atoms with Gasteiger partial charge in [0.25, 0.3) is 0 Å². The van der Waals surface area contributed by atoms with Crippen LogP contribution in [0.15, 0.2) is 49.1 Å². The first kappa shape index (κ1) is 16.0. The zero-order valence-corrected chi connectivity index (χ0v) is 14.6. The lowest BCUT2D eigenvalue weighted by Crippen LogP contribution is -1.99. The standard InChI is InChI=1S/C19H19N7/c1-3-12-4-6-21-10-14(12)16-8-13-9-18(22-11-15(13)19(20)23-16)24-17-5-7-26(2)25-17/h4-11H,3H2,1-2H3,(H2,20,23)(H,22,24,25). The van der Waals surface area contributed by atoms with Crippen molar-refractivity contribution in [2.24, 2.45) is 7.05 Å². The molecule has 0 unspecified atom stereocenters. The Kier molecular flexibility index (Phi) is 3.96. The van der Waals surface area contributed by atoms with E-state index in [-0.39, 0.29) is 0 Å². The first-order valence-electron chi connectivity index (χ1n) is 8.40. The van der Waals surface area contributed by atoms with Crippen LogP contribution in [0.2, 0.25) is 0 Å². The summed E-state index contributed by atoms with van der Waals surface area (Å²) in [7, 11) is 1.87. The second-order valence-corrected chi connectivity index (χ2v) is 6.07. The molecule has 0 radical (unpaired) electrons. The van der Waals surface area contributed by atoms with E-state index in [1.165, 1.54) is 5.56 Å². The van der Waals surface area contributed by atoms with Gasteiger partial charge >= 0.3 is 0 Å². The van der Waals surface area contributed by atoms with Crippen LogP contribution in [-0.4, -0.2) is 24.7 Å². The number of nitrogens with zero attached hydrogens (tertiary/aromatic N) is 5. The Hall–Kier alpha value is -3.48. The fraction of sp³-hybridized carbons (Fsp3) is 0.158. The van der Waals surface area contributed by atoms with Gasteiger partial charge in [-0.1, -0.05) is 6.92 Å². The number of anilines is 3. The molecular formula is C19H19N7. The van der Waals surface area contributed by atoms with Crippen LogP contribution in [0.4, 0.5) is 17.5 Å². The van der Waals surface area contributed by atoms with Gasteiger partial charge in [0, 0.05) is 48.9 Å². The zero-order valence-electron chi connectivity index (χ0n) is 14.6. The fourth-order valence-electron chi connectivity index (χ4n) is 2.96. The van der Waals surface area contributed by atoms with Crippen LogP contribution in [0.5, 0.6) is 0 Å². The smallest absolute Gasteiger partial charge is 0.153 e. The van der Waals surface area contributed by atoms with Crippen LogP contribution in [0.25, 0.3) is 22.0 Å². The molecule has 4 rings (SSSR count).